The minimum absolute atomic E-state index is 0.240. The molecule has 1 rings (SSSR count). The Morgan fingerprint density at radius 2 is 2.00 bits per heavy atom. The van der Waals surface area contributed by atoms with Crippen LogP contribution in [0.2, 0.25) is 0 Å². The average Bonchev–Trinajstić information content (AvgIpc) is 2.33. The van der Waals surface area contributed by atoms with Gasteiger partial charge in [-0.25, -0.2) is 4.79 Å². The number of nitrogens with one attached hydrogen (secondary N) is 1. The predicted molar refractivity (Wildman–Crippen MR) is 64.3 cm³/mol. The third-order valence-electron chi connectivity index (χ3n) is 2.01. The second-order valence-corrected chi connectivity index (χ2v) is 3.82. The summed E-state index contributed by atoms with van der Waals surface area (Å²) in [6, 6.07) is 9.47. The van der Waals surface area contributed by atoms with Crippen LogP contribution in [0.5, 0.6) is 0 Å². The summed E-state index contributed by atoms with van der Waals surface area (Å²) in [5.74, 6) is 0. The maximum Gasteiger partial charge on any atom is 0.431 e. The number of hydrogen-bond donors (Lipinski definition) is 1. The number of rotatable bonds is 6. The van der Waals surface area contributed by atoms with Gasteiger partial charge in [0.15, 0.2) is 0 Å². The Kier molecular flexibility index (Phi) is 6.06. The van der Waals surface area contributed by atoms with Crippen molar-refractivity contribution in [2.45, 2.75) is 6.61 Å². The van der Waals surface area contributed by atoms with E-state index in [0.29, 0.717) is 6.61 Å². The van der Waals surface area contributed by atoms with E-state index in [2.05, 4.69) is 5.48 Å². The summed E-state index contributed by atoms with van der Waals surface area (Å²) in [6.45, 7) is 1.40. The van der Waals surface area contributed by atoms with Crippen molar-refractivity contribution in [2.75, 3.05) is 27.2 Å². The van der Waals surface area contributed by atoms with Gasteiger partial charge in [0.2, 0.25) is 0 Å². The summed E-state index contributed by atoms with van der Waals surface area (Å²) >= 11 is 0. The van der Waals surface area contributed by atoms with Gasteiger partial charge in [-0.2, -0.15) is 5.48 Å². The number of benzene rings is 1. The molecule has 17 heavy (non-hydrogen) atoms. The van der Waals surface area contributed by atoms with Crippen molar-refractivity contribution in [3.8, 4) is 0 Å². The molecule has 0 bridgehead atoms. The third-order valence-corrected chi connectivity index (χ3v) is 2.01. The Hall–Kier alpha value is -1.59. The van der Waals surface area contributed by atoms with E-state index in [1.807, 2.05) is 49.3 Å². The predicted octanol–water partition coefficient (Wildman–Crippen LogP) is 1.41. The Morgan fingerprint density at radius 3 is 2.65 bits per heavy atom. The highest BCUT2D eigenvalue weighted by molar-refractivity contribution is 5.65. The lowest BCUT2D eigenvalue weighted by molar-refractivity contribution is 0.0198. The van der Waals surface area contributed by atoms with Gasteiger partial charge in [0, 0.05) is 6.54 Å². The fraction of sp³-hybridized carbons (Fsp3) is 0.417. The van der Waals surface area contributed by atoms with Crippen molar-refractivity contribution in [2.24, 2.45) is 0 Å². The molecule has 0 atom stereocenters. The molecule has 0 saturated carbocycles. The molecule has 1 aromatic rings. The Labute approximate surface area is 101 Å². The molecule has 0 aromatic heterocycles. The summed E-state index contributed by atoms with van der Waals surface area (Å²) in [6.07, 6.45) is -0.576. The highest BCUT2D eigenvalue weighted by Gasteiger charge is 2.02. The van der Waals surface area contributed by atoms with Gasteiger partial charge in [0.1, 0.15) is 6.61 Å². The molecule has 0 aliphatic rings. The molecular weight excluding hydrogens is 220 g/mol. The van der Waals surface area contributed by atoms with Crippen molar-refractivity contribution in [1.82, 2.24) is 10.4 Å². The zero-order valence-electron chi connectivity index (χ0n) is 10.2. The Balaban J connectivity index is 2.09. The molecule has 0 heterocycles. The molecule has 0 aliphatic heterocycles. The molecule has 0 fully saturated rings. The van der Waals surface area contributed by atoms with Crippen molar-refractivity contribution in [1.29, 1.82) is 0 Å². The Bertz CT molecular complexity index is 328. The smallest absolute Gasteiger partial charge is 0.431 e. The van der Waals surface area contributed by atoms with E-state index in [1.165, 1.54) is 0 Å². The number of amides is 1. The van der Waals surface area contributed by atoms with Gasteiger partial charge in [0.25, 0.3) is 0 Å². The molecule has 1 amide bonds. The summed E-state index contributed by atoms with van der Waals surface area (Å²) in [4.78, 5) is 18.1. The fourth-order valence-electron chi connectivity index (χ4n) is 1.09. The first kappa shape index (κ1) is 13.5. The summed E-state index contributed by atoms with van der Waals surface area (Å²) in [7, 11) is 3.86. The van der Waals surface area contributed by atoms with Crippen LogP contribution in [0.3, 0.4) is 0 Å². The first-order valence-electron chi connectivity index (χ1n) is 5.41. The lowest BCUT2D eigenvalue weighted by Gasteiger charge is -2.10. The first-order chi connectivity index (χ1) is 8.18. The summed E-state index contributed by atoms with van der Waals surface area (Å²) in [5.41, 5.74) is 3.16. The largest absolute Gasteiger partial charge is 0.443 e. The normalized spacial score (nSPS) is 10.3. The van der Waals surface area contributed by atoms with Gasteiger partial charge in [-0.05, 0) is 19.7 Å². The van der Waals surface area contributed by atoms with Crippen LogP contribution in [0, 0.1) is 0 Å². The molecule has 0 aliphatic carbocycles. The monoisotopic (exact) mass is 238 g/mol. The molecule has 1 N–H and O–H groups in total. The van der Waals surface area contributed by atoms with Crippen LogP contribution in [0.25, 0.3) is 0 Å². The average molecular weight is 238 g/mol. The molecular formula is C12H18N2O3. The molecule has 5 heteroatoms. The van der Waals surface area contributed by atoms with Crippen LogP contribution in [0.15, 0.2) is 30.3 Å². The SMILES string of the molecule is CN(C)CCONC(=O)OCc1ccccc1. The van der Waals surface area contributed by atoms with Crippen LogP contribution in [0.1, 0.15) is 5.56 Å². The van der Waals surface area contributed by atoms with E-state index in [0.717, 1.165) is 12.1 Å². The minimum atomic E-state index is -0.576. The molecule has 0 unspecified atom stereocenters. The fourth-order valence-corrected chi connectivity index (χ4v) is 1.09. The van der Waals surface area contributed by atoms with Crippen LogP contribution in [0.4, 0.5) is 4.79 Å². The van der Waals surface area contributed by atoms with Crippen LogP contribution in [-0.4, -0.2) is 38.2 Å². The number of ether oxygens (including phenoxy) is 1. The molecule has 0 radical (unpaired) electrons. The zero-order valence-corrected chi connectivity index (χ0v) is 10.2. The van der Waals surface area contributed by atoms with E-state index < -0.39 is 6.09 Å². The molecule has 0 spiro atoms. The Morgan fingerprint density at radius 1 is 1.29 bits per heavy atom. The lowest BCUT2D eigenvalue weighted by atomic mass is 10.2. The second-order valence-electron chi connectivity index (χ2n) is 3.82. The summed E-state index contributed by atoms with van der Waals surface area (Å²) in [5, 5.41) is 0. The zero-order chi connectivity index (χ0) is 12.5. The maximum atomic E-state index is 11.2. The van der Waals surface area contributed by atoms with Gasteiger partial charge in [-0.1, -0.05) is 30.3 Å². The van der Waals surface area contributed by atoms with Crippen molar-refractivity contribution in [3.63, 3.8) is 0 Å². The van der Waals surface area contributed by atoms with E-state index in [-0.39, 0.29) is 6.61 Å². The highest BCUT2D eigenvalue weighted by atomic mass is 16.7. The van der Waals surface area contributed by atoms with Gasteiger partial charge < -0.3 is 9.64 Å². The van der Waals surface area contributed by atoms with Crippen LogP contribution >= 0.6 is 0 Å². The third kappa shape index (κ3) is 6.55. The molecule has 94 valence electrons. The maximum absolute atomic E-state index is 11.2. The number of likely N-dealkylation sites (N-methyl/N-ethyl adjacent to an activating group) is 1. The molecule has 1 aromatic carbocycles. The van der Waals surface area contributed by atoms with E-state index >= 15 is 0 Å². The van der Waals surface area contributed by atoms with Gasteiger partial charge in [-0.3, -0.25) is 4.84 Å². The number of hydrogen-bond acceptors (Lipinski definition) is 4. The number of hydroxylamine groups is 1. The minimum Gasteiger partial charge on any atom is -0.443 e. The number of carbonyl (C=O) groups excluding carboxylic acids is 1. The van der Waals surface area contributed by atoms with Crippen LogP contribution < -0.4 is 5.48 Å². The standard InChI is InChI=1S/C12H18N2O3/c1-14(2)8-9-17-13-12(15)16-10-11-6-4-3-5-7-11/h3-7H,8-10H2,1-2H3,(H,13,15). The lowest BCUT2D eigenvalue weighted by Crippen LogP contribution is -2.28. The van der Waals surface area contributed by atoms with Crippen molar-refractivity contribution in [3.05, 3.63) is 35.9 Å². The van der Waals surface area contributed by atoms with E-state index in [9.17, 15) is 4.79 Å². The van der Waals surface area contributed by atoms with Gasteiger partial charge in [0.05, 0.1) is 6.61 Å². The quantitative estimate of drug-likeness (QED) is 0.601. The van der Waals surface area contributed by atoms with Gasteiger partial charge >= 0.3 is 6.09 Å². The highest BCUT2D eigenvalue weighted by Crippen LogP contribution is 2.00. The van der Waals surface area contributed by atoms with Crippen molar-refractivity contribution >= 4 is 6.09 Å². The van der Waals surface area contributed by atoms with E-state index in [1.54, 1.807) is 0 Å². The summed E-state index contributed by atoms with van der Waals surface area (Å²) < 4.78 is 4.95. The van der Waals surface area contributed by atoms with Crippen LogP contribution in [-0.2, 0) is 16.2 Å². The molecule has 5 nitrogen and oxygen atoms in total. The van der Waals surface area contributed by atoms with Crippen molar-refractivity contribution < 1.29 is 14.4 Å². The topological polar surface area (TPSA) is 50.8 Å². The second kappa shape index (κ2) is 7.65. The number of carbonyl (C=O) groups is 1. The molecule has 0 saturated heterocycles. The van der Waals surface area contributed by atoms with Gasteiger partial charge in [-0.15, -0.1) is 0 Å². The van der Waals surface area contributed by atoms with E-state index in [4.69, 9.17) is 9.57 Å². The number of nitrogens with zero attached hydrogens (tertiary/aromatic N) is 1. The first-order valence-corrected chi connectivity index (χ1v) is 5.41.